The highest BCUT2D eigenvalue weighted by Crippen LogP contribution is 2.12. The van der Waals surface area contributed by atoms with Gasteiger partial charge in [0.05, 0.1) is 24.1 Å². The topological polar surface area (TPSA) is 42.4 Å². The first-order valence-corrected chi connectivity index (χ1v) is 3.87. The molecule has 1 aromatic heterocycles. The Morgan fingerprint density at radius 2 is 2.33 bits per heavy atom. The first-order valence-electron chi connectivity index (χ1n) is 3.87. The van der Waals surface area contributed by atoms with E-state index in [9.17, 15) is 0 Å². The summed E-state index contributed by atoms with van der Waals surface area (Å²) in [6, 6.07) is 5.53. The summed E-state index contributed by atoms with van der Waals surface area (Å²) in [5.74, 6) is 0. The van der Waals surface area contributed by atoms with Crippen molar-refractivity contribution in [3.8, 4) is 0 Å². The maximum absolute atomic E-state index is 8.81. The van der Waals surface area contributed by atoms with Crippen LogP contribution in [0, 0.1) is 0 Å². The van der Waals surface area contributed by atoms with E-state index < -0.39 is 0 Å². The third kappa shape index (κ3) is 2.03. The zero-order valence-corrected chi connectivity index (χ0v) is 7.32. The Morgan fingerprint density at radius 1 is 1.58 bits per heavy atom. The van der Waals surface area contributed by atoms with E-state index in [2.05, 4.69) is 4.98 Å². The van der Waals surface area contributed by atoms with Crippen molar-refractivity contribution >= 4 is 0 Å². The van der Waals surface area contributed by atoms with Crippen molar-refractivity contribution in [2.45, 2.75) is 19.6 Å². The Balaban J connectivity index is 2.86. The summed E-state index contributed by atoms with van der Waals surface area (Å²) < 4.78 is 5.09. The highest BCUT2D eigenvalue weighted by Gasteiger charge is 2.04. The maximum atomic E-state index is 8.81. The number of ether oxygens (including phenoxy) is 1. The summed E-state index contributed by atoms with van der Waals surface area (Å²) in [6.07, 6.45) is -0.0171. The number of nitrogens with zero attached hydrogens (tertiary/aromatic N) is 1. The van der Waals surface area contributed by atoms with Crippen LogP contribution in [0.5, 0.6) is 0 Å². The molecule has 12 heavy (non-hydrogen) atoms. The molecule has 1 heterocycles. The van der Waals surface area contributed by atoms with Crippen LogP contribution in [0.4, 0.5) is 0 Å². The van der Waals surface area contributed by atoms with Crippen molar-refractivity contribution in [3.63, 3.8) is 0 Å². The molecule has 1 atom stereocenters. The Kier molecular flexibility index (Phi) is 3.19. The molecule has 0 saturated carbocycles. The van der Waals surface area contributed by atoms with Gasteiger partial charge in [-0.2, -0.15) is 0 Å². The molecule has 1 aromatic rings. The van der Waals surface area contributed by atoms with E-state index in [4.69, 9.17) is 9.84 Å². The van der Waals surface area contributed by atoms with E-state index in [0.29, 0.717) is 5.69 Å². The molecule has 0 unspecified atom stereocenters. The quantitative estimate of drug-likeness (QED) is 0.737. The van der Waals surface area contributed by atoms with Crippen molar-refractivity contribution in [1.29, 1.82) is 0 Å². The number of hydrogen-bond acceptors (Lipinski definition) is 3. The van der Waals surface area contributed by atoms with Crippen LogP contribution in [0.3, 0.4) is 0 Å². The molecule has 0 aliphatic rings. The fourth-order valence-electron chi connectivity index (χ4n) is 0.933. The van der Waals surface area contributed by atoms with E-state index in [1.54, 1.807) is 13.2 Å². The van der Waals surface area contributed by atoms with Gasteiger partial charge < -0.3 is 9.84 Å². The Bertz CT molecular complexity index is 250. The Labute approximate surface area is 72.0 Å². The normalized spacial score (nSPS) is 12.9. The van der Waals surface area contributed by atoms with E-state index in [0.717, 1.165) is 5.69 Å². The standard InChI is InChI=1S/C9H13NO2/c1-7(12-2)9-5-3-4-8(6-11)10-9/h3-5,7,11H,6H2,1-2H3/t7-/m1/s1. The summed E-state index contributed by atoms with van der Waals surface area (Å²) in [6.45, 7) is 1.90. The molecule has 66 valence electrons. The summed E-state index contributed by atoms with van der Waals surface area (Å²) in [5, 5.41) is 8.81. The lowest BCUT2D eigenvalue weighted by molar-refractivity contribution is 0.115. The molecule has 0 aliphatic heterocycles. The van der Waals surface area contributed by atoms with Gasteiger partial charge in [0.15, 0.2) is 0 Å². The SMILES string of the molecule is CO[C@H](C)c1cccc(CO)n1. The second-order valence-corrected chi connectivity index (χ2v) is 2.59. The lowest BCUT2D eigenvalue weighted by atomic mass is 10.2. The molecule has 3 heteroatoms. The monoisotopic (exact) mass is 167 g/mol. The van der Waals surface area contributed by atoms with Gasteiger partial charge in [0, 0.05) is 7.11 Å². The van der Waals surface area contributed by atoms with Gasteiger partial charge in [-0.1, -0.05) is 6.07 Å². The van der Waals surface area contributed by atoms with Crippen molar-refractivity contribution in [2.75, 3.05) is 7.11 Å². The van der Waals surface area contributed by atoms with E-state index in [1.807, 2.05) is 19.1 Å². The van der Waals surface area contributed by atoms with Gasteiger partial charge >= 0.3 is 0 Å². The van der Waals surface area contributed by atoms with Crippen molar-refractivity contribution in [1.82, 2.24) is 4.98 Å². The van der Waals surface area contributed by atoms with Crippen LogP contribution in [-0.2, 0) is 11.3 Å². The van der Waals surface area contributed by atoms with Crippen molar-refractivity contribution in [3.05, 3.63) is 29.6 Å². The first kappa shape index (κ1) is 9.16. The zero-order valence-electron chi connectivity index (χ0n) is 7.32. The molecule has 1 rings (SSSR count). The minimum absolute atomic E-state index is 0.0171. The number of aliphatic hydroxyl groups excluding tert-OH is 1. The molecule has 0 spiro atoms. The van der Waals surface area contributed by atoms with Gasteiger partial charge in [-0.25, -0.2) is 0 Å². The lowest BCUT2D eigenvalue weighted by Crippen LogP contribution is -2.01. The van der Waals surface area contributed by atoms with Gasteiger partial charge in [-0.3, -0.25) is 4.98 Å². The average Bonchev–Trinajstić information content (AvgIpc) is 2.17. The van der Waals surface area contributed by atoms with Crippen LogP contribution < -0.4 is 0 Å². The third-order valence-electron chi connectivity index (χ3n) is 1.76. The first-order chi connectivity index (χ1) is 5.77. The van der Waals surface area contributed by atoms with Gasteiger partial charge in [0.25, 0.3) is 0 Å². The number of aliphatic hydroxyl groups is 1. The number of rotatable bonds is 3. The van der Waals surface area contributed by atoms with E-state index in [-0.39, 0.29) is 12.7 Å². The molecule has 0 aromatic carbocycles. The van der Waals surface area contributed by atoms with Crippen molar-refractivity contribution < 1.29 is 9.84 Å². The van der Waals surface area contributed by atoms with Crippen LogP contribution in [0.25, 0.3) is 0 Å². The maximum Gasteiger partial charge on any atom is 0.0962 e. The smallest absolute Gasteiger partial charge is 0.0962 e. The summed E-state index contributed by atoms with van der Waals surface area (Å²) in [4.78, 5) is 4.19. The van der Waals surface area contributed by atoms with E-state index in [1.165, 1.54) is 0 Å². The summed E-state index contributed by atoms with van der Waals surface area (Å²) in [5.41, 5.74) is 1.53. The van der Waals surface area contributed by atoms with Crippen LogP contribution in [0.2, 0.25) is 0 Å². The molecule has 0 bridgehead atoms. The van der Waals surface area contributed by atoms with Crippen LogP contribution in [0.15, 0.2) is 18.2 Å². The second kappa shape index (κ2) is 4.18. The fourth-order valence-corrected chi connectivity index (χ4v) is 0.933. The van der Waals surface area contributed by atoms with Crippen LogP contribution in [-0.4, -0.2) is 17.2 Å². The highest BCUT2D eigenvalue weighted by atomic mass is 16.5. The van der Waals surface area contributed by atoms with E-state index >= 15 is 0 Å². The van der Waals surface area contributed by atoms with Crippen LogP contribution in [0.1, 0.15) is 24.4 Å². The predicted molar refractivity (Wildman–Crippen MR) is 45.6 cm³/mol. The molecular formula is C9H13NO2. The molecule has 0 fully saturated rings. The highest BCUT2D eigenvalue weighted by molar-refractivity contribution is 5.12. The number of hydrogen-bond donors (Lipinski definition) is 1. The molecule has 3 nitrogen and oxygen atoms in total. The van der Waals surface area contributed by atoms with Gasteiger partial charge in [0.1, 0.15) is 0 Å². The van der Waals surface area contributed by atoms with Gasteiger partial charge in [-0.05, 0) is 19.1 Å². The van der Waals surface area contributed by atoms with Gasteiger partial charge in [-0.15, -0.1) is 0 Å². The fraction of sp³-hybridized carbons (Fsp3) is 0.444. The molecule has 0 aliphatic carbocycles. The summed E-state index contributed by atoms with van der Waals surface area (Å²) in [7, 11) is 1.64. The molecular weight excluding hydrogens is 154 g/mol. The second-order valence-electron chi connectivity index (χ2n) is 2.59. The lowest BCUT2D eigenvalue weighted by Gasteiger charge is -2.08. The average molecular weight is 167 g/mol. The number of methoxy groups -OCH3 is 1. The number of pyridine rings is 1. The van der Waals surface area contributed by atoms with Gasteiger partial charge in [0.2, 0.25) is 0 Å². The third-order valence-corrected chi connectivity index (χ3v) is 1.76. The Morgan fingerprint density at radius 3 is 2.92 bits per heavy atom. The molecule has 1 N–H and O–H groups in total. The minimum Gasteiger partial charge on any atom is -0.390 e. The molecule has 0 radical (unpaired) electrons. The number of aromatic nitrogens is 1. The largest absolute Gasteiger partial charge is 0.390 e. The van der Waals surface area contributed by atoms with Crippen molar-refractivity contribution in [2.24, 2.45) is 0 Å². The molecule has 0 amide bonds. The summed E-state index contributed by atoms with van der Waals surface area (Å²) >= 11 is 0. The van der Waals surface area contributed by atoms with Crippen LogP contribution >= 0.6 is 0 Å². The molecule has 0 saturated heterocycles. The minimum atomic E-state index is -0.0235. The predicted octanol–water partition coefficient (Wildman–Crippen LogP) is 1.28. The Hall–Kier alpha value is -0.930. The zero-order chi connectivity index (χ0) is 8.97.